The van der Waals surface area contributed by atoms with Crippen molar-refractivity contribution in [3.63, 3.8) is 0 Å². The SMILES string of the molecule is Cc1nc(Cl)nc2c1NC(=O)CC1CCCN21. The summed E-state index contributed by atoms with van der Waals surface area (Å²) in [7, 11) is 0. The highest BCUT2D eigenvalue weighted by atomic mass is 35.5. The van der Waals surface area contributed by atoms with E-state index < -0.39 is 0 Å². The van der Waals surface area contributed by atoms with Crippen molar-refractivity contribution in [2.24, 2.45) is 0 Å². The Morgan fingerprint density at radius 2 is 2.29 bits per heavy atom. The van der Waals surface area contributed by atoms with Gasteiger partial charge >= 0.3 is 0 Å². The van der Waals surface area contributed by atoms with Gasteiger partial charge in [-0.2, -0.15) is 4.98 Å². The lowest BCUT2D eigenvalue weighted by Gasteiger charge is -2.23. The highest BCUT2D eigenvalue weighted by Gasteiger charge is 2.33. The van der Waals surface area contributed by atoms with Crippen molar-refractivity contribution in [1.29, 1.82) is 0 Å². The standard InChI is InChI=1S/C11H13ClN4O/c1-6-9-10(15-11(12)13-6)16-4-2-3-7(16)5-8(17)14-9/h7H,2-5H2,1H3,(H,14,17). The Bertz CT molecular complexity index is 491. The number of carbonyl (C=O) groups is 1. The van der Waals surface area contributed by atoms with Gasteiger partial charge in [-0.05, 0) is 31.4 Å². The van der Waals surface area contributed by atoms with Crippen molar-refractivity contribution in [3.8, 4) is 0 Å². The maximum Gasteiger partial charge on any atom is 0.226 e. The molecule has 2 aliphatic heterocycles. The van der Waals surface area contributed by atoms with Gasteiger partial charge in [-0.15, -0.1) is 0 Å². The van der Waals surface area contributed by atoms with Crippen molar-refractivity contribution >= 4 is 29.0 Å². The minimum absolute atomic E-state index is 0.0367. The Hall–Kier alpha value is -1.36. The molecule has 0 aromatic carbocycles. The van der Waals surface area contributed by atoms with Crippen LogP contribution >= 0.6 is 11.6 Å². The first-order valence-electron chi connectivity index (χ1n) is 5.76. The third-order valence-electron chi connectivity index (χ3n) is 3.38. The minimum Gasteiger partial charge on any atom is -0.351 e. The molecule has 5 nitrogen and oxygen atoms in total. The molecule has 0 aliphatic carbocycles. The molecular formula is C11H13ClN4O. The minimum atomic E-state index is 0.0367. The predicted octanol–water partition coefficient (Wildman–Crippen LogP) is 1.75. The van der Waals surface area contributed by atoms with Crippen LogP contribution in [0.25, 0.3) is 0 Å². The molecule has 1 aromatic heterocycles. The van der Waals surface area contributed by atoms with Gasteiger partial charge in [0.2, 0.25) is 11.2 Å². The van der Waals surface area contributed by atoms with Crippen LogP contribution in [-0.2, 0) is 4.79 Å². The Kier molecular flexibility index (Phi) is 2.43. The Morgan fingerprint density at radius 1 is 1.47 bits per heavy atom. The zero-order valence-corrected chi connectivity index (χ0v) is 10.3. The largest absolute Gasteiger partial charge is 0.351 e. The number of hydrogen-bond acceptors (Lipinski definition) is 4. The number of amides is 1. The van der Waals surface area contributed by atoms with Crippen molar-refractivity contribution in [2.45, 2.75) is 32.2 Å². The van der Waals surface area contributed by atoms with Crippen LogP contribution in [0.5, 0.6) is 0 Å². The summed E-state index contributed by atoms with van der Waals surface area (Å²) in [5.74, 6) is 0.811. The van der Waals surface area contributed by atoms with E-state index in [0.717, 1.165) is 30.9 Å². The first kappa shape index (κ1) is 10.8. The molecule has 0 radical (unpaired) electrons. The molecule has 1 atom stereocenters. The van der Waals surface area contributed by atoms with Crippen molar-refractivity contribution in [2.75, 3.05) is 16.8 Å². The molecule has 6 heteroatoms. The van der Waals surface area contributed by atoms with Gasteiger partial charge in [-0.3, -0.25) is 4.79 Å². The third-order valence-corrected chi connectivity index (χ3v) is 3.55. The summed E-state index contributed by atoms with van der Waals surface area (Å²) in [5, 5.41) is 3.12. The Morgan fingerprint density at radius 3 is 3.12 bits per heavy atom. The Balaban J connectivity index is 2.16. The monoisotopic (exact) mass is 252 g/mol. The summed E-state index contributed by atoms with van der Waals surface area (Å²) in [5.41, 5.74) is 1.43. The number of aryl methyl sites for hydroxylation is 1. The summed E-state index contributed by atoms with van der Waals surface area (Å²) in [4.78, 5) is 22.3. The van der Waals surface area contributed by atoms with E-state index >= 15 is 0 Å². The first-order valence-corrected chi connectivity index (χ1v) is 6.13. The first-order chi connectivity index (χ1) is 8.15. The van der Waals surface area contributed by atoms with E-state index in [4.69, 9.17) is 11.6 Å². The van der Waals surface area contributed by atoms with Crippen LogP contribution in [0.4, 0.5) is 11.5 Å². The molecule has 2 aliphatic rings. The highest BCUT2D eigenvalue weighted by Crippen LogP contribution is 2.36. The number of carbonyl (C=O) groups excluding carboxylic acids is 1. The van der Waals surface area contributed by atoms with Crippen LogP contribution < -0.4 is 10.2 Å². The van der Waals surface area contributed by atoms with Gasteiger partial charge in [0.15, 0.2) is 5.82 Å². The van der Waals surface area contributed by atoms with E-state index in [-0.39, 0.29) is 17.2 Å². The number of halogens is 1. The lowest BCUT2D eigenvalue weighted by Crippen LogP contribution is -2.30. The van der Waals surface area contributed by atoms with E-state index in [0.29, 0.717) is 12.1 Å². The van der Waals surface area contributed by atoms with E-state index in [9.17, 15) is 4.79 Å². The molecule has 1 aromatic rings. The molecule has 3 heterocycles. The number of hydrogen-bond donors (Lipinski definition) is 1. The van der Waals surface area contributed by atoms with Crippen LogP contribution in [-0.4, -0.2) is 28.5 Å². The third kappa shape index (κ3) is 1.74. The summed E-state index contributed by atoms with van der Waals surface area (Å²) >= 11 is 5.90. The van der Waals surface area contributed by atoms with Gasteiger partial charge in [-0.25, -0.2) is 4.98 Å². The fourth-order valence-electron chi connectivity index (χ4n) is 2.61. The molecule has 1 N–H and O–H groups in total. The highest BCUT2D eigenvalue weighted by molar-refractivity contribution is 6.28. The number of rotatable bonds is 0. The molecule has 1 saturated heterocycles. The fraction of sp³-hybridized carbons (Fsp3) is 0.545. The molecule has 3 rings (SSSR count). The second-order valence-electron chi connectivity index (χ2n) is 4.52. The maximum absolute atomic E-state index is 11.8. The van der Waals surface area contributed by atoms with E-state index in [2.05, 4.69) is 20.2 Å². The van der Waals surface area contributed by atoms with Crippen LogP contribution in [0, 0.1) is 6.92 Å². The number of fused-ring (bicyclic) bond motifs is 3. The quantitative estimate of drug-likeness (QED) is 0.715. The van der Waals surface area contributed by atoms with Crippen molar-refractivity contribution in [1.82, 2.24) is 9.97 Å². The summed E-state index contributed by atoms with van der Waals surface area (Å²) in [6, 6.07) is 0.251. The molecule has 0 spiro atoms. The molecular weight excluding hydrogens is 240 g/mol. The Labute approximate surface area is 104 Å². The van der Waals surface area contributed by atoms with Crippen molar-refractivity contribution in [3.05, 3.63) is 11.0 Å². The van der Waals surface area contributed by atoms with Crippen LogP contribution in [0.1, 0.15) is 25.0 Å². The van der Waals surface area contributed by atoms with Gasteiger partial charge in [0.1, 0.15) is 5.69 Å². The molecule has 90 valence electrons. The number of nitrogens with one attached hydrogen (secondary N) is 1. The zero-order valence-electron chi connectivity index (χ0n) is 9.53. The number of nitrogens with zero attached hydrogens (tertiary/aromatic N) is 3. The number of aromatic nitrogens is 2. The molecule has 0 saturated carbocycles. The molecule has 1 fully saturated rings. The smallest absolute Gasteiger partial charge is 0.226 e. The van der Waals surface area contributed by atoms with Crippen molar-refractivity contribution < 1.29 is 4.79 Å². The van der Waals surface area contributed by atoms with Gasteiger partial charge in [-0.1, -0.05) is 0 Å². The zero-order chi connectivity index (χ0) is 12.0. The summed E-state index contributed by atoms with van der Waals surface area (Å²) in [6.45, 7) is 2.77. The lowest BCUT2D eigenvalue weighted by molar-refractivity contribution is -0.116. The van der Waals surface area contributed by atoms with Gasteiger partial charge in [0, 0.05) is 19.0 Å². The average molecular weight is 253 g/mol. The second kappa shape index (κ2) is 3.84. The topological polar surface area (TPSA) is 58.1 Å². The average Bonchev–Trinajstić information content (AvgIpc) is 2.65. The van der Waals surface area contributed by atoms with Crippen LogP contribution in [0.2, 0.25) is 5.28 Å². The van der Waals surface area contributed by atoms with Gasteiger partial charge in [0.25, 0.3) is 0 Å². The molecule has 1 unspecified atom stereocenters. The lowest BCUT2D eigenvalue weighted by atomic mass is 10.1. The predicted molar refractivity (Wildman–Crippen MR) is 65.4 cm³/mol. The number of anilines is 2. The normalized spacial score (nSPS) is 22.8. The summed E-state index contributed by atoms with van der Waals surface area (Å²) in [6.07, 6.45) is 2.65. The molecule has 1 amide bonds. The van der Waals surface area contributed by atoms with E-state index in [1.165, 1.54) is 0 Å². The van der Waals surface area contributed by atoms with Gasteiger partial charge in [0.05, 0.1) is 5.69 Å². The van der Waals surface area contributed by atoms with Crippen LogP contribution in [0.15, 0.2) is 0 Å². The van der Waals surface area contributed by atoms with E-state index in [1.54, 1.807) is 0 Å². The maximum atomic E-state index is 11.8. The van der Waals surface area contributed by atoms with Gasteiger partial charge < -0.3 is 10.2 Å². The molecule has 0 bridgehead atoms. The summed E-state index contributed by atoms with van der Waals surface area (Å²) < 4.78 is 0. The van der Waals surface area contributed by atoms with E-state index in [1.807, 2.05) is 6.92 Å². The molecule has 17 heavy (non-hydrogen) atoms. The van der Waals surface area contributed by atoms with Crippen LogP contribution in [0.3, 0.4) is 0 Å². The second-order valence-corrected chi connectivity index (χ2v) is 4.86. The fourth-order valence-corrected chi connectivity index (χ4v) is 2.82.